The lowest BCUT2D eigenvalue weighted by molar-refractivity contribution is 0.520. The van der Waals surface area contributed by atoms with Gasteiger partial charge in [0.2, 0.25) is 10.0 Å². The molecular weight excluding hydrogens is 262 g/mol. The first-order valence-corrected chi connectivity index (χ1v) is 7.36. The smallest absolute Gasteiger partial charge is 0.245 e. The van der Waals surface area contributed by atoms with Crippen molar-refractivity contribution in [3.63, 3.8) is 0 Å². The van der Waals surface area contributed by atoms with Crippen LogP contribution >= 0.6 is 0 Å². The van der Waals surface area contributed by atoms with E-state index in [2.05, 4.69) is 5.10 Å². The molecule has 0 amide bonds. The monoisotopic (exact) mass is 279 g/mol. The molecule has 0 saturated carbocycles. The summed E-state index contributed by atoms with van der Waals surface area (Å²) in [6, 6.07) is 9.81. The maximum absolute atomic E-state index is 12.1. The Bertz CT molecular complexity index is 660. The van der Waals surface area contributed by atoms with E-state index in [-0.39, 0.29) is 4.90 Å². The quantitative estimate of drug-likeness (QED) is 0.852. The molecule has 19 heavy (non-hydrogen) atoms. The molecule has 0 fully saturated rings. The largest absolute Gasteiger partial charge is 0.267 e. The lowest BCUT2D eigenvalue weighted by Gasteiger charge is -2.09. The molecule has 0 saturated heterocycles. The number of rotatable bonds is 4. The third-order valence-electron chi connectivity index (χ3n) is 2.85. The van der Waals surface area contributed by atoms with Gasteiger partial charge in [-0.3, -0.25) is 4.68 Å². The molecule has 1 heterocycles. The van der Waals surface area contributed by atoms with Crippen molar-refractivity contribution < 1.29 is 8.42 Å². The number of sulfonamides is 1. The molecule has 0 atom stereocenters. The third kappa shape index (κ3) is 2.85. The number of aromatic nitrogens is 2. The molecule has 102 valence electrons. The van der Waals surface area contributed by atoms with Gasteiger partial charge in [0.15, 0.2) is 0 Å². The molecule has 0 aliphatic rings. The van der Waals surface area contributed by atoms with E-state index < -0.39 is 10.0 Å². The summed E-state index contributed by atoms with van der Waals surface area (Å²) in [5.41, 5.74) is 1.60. The van der Waals surface area contributed by atoms with Crippen LogP contribution in [-0.4, -0.2) is 36.6 Å². The Labute approximate surface area is 113 Å². The second-order valence-corrected chi connectivity index (χ2v) is 6.67. The fourth-order valence-corrected chi connectivity index (χ4v) is 2.86. The number of nitrogens with zero attached hydrogens (tertiary/aromatic N) is 3. The number of benzene rings is 1. The molecule has 5 nitrogen and oxygen atoms in total. The van der Waals surface area contributed by atoms with Crippen molar-refractivity contribution in [1.82, 2.24) is 14.1 Å². The highest BCUT2D eigenvalue weighted by atomic mass is 32.2. The number of hydrogen-bond donors (Lipinski definition) is 0. The van der Waals surface area contributed by atoms with Crippen molar-refractivity contribution in [2.75, 3.05) is 14.1 Å². The molecule has 6 heteroatoms. The van der Waals surface area contributed by atoms with Gasteiger partial charge in [-0.2, -0.15) is 5.10 Å². The van der Waals surface area contributed by atoms with Crippen molar-refractivity contribution >= 4 is 10.0 Å². The van der Waals surface area contributed by atoms with Crippen LogP contribution in [0.15, 0.2) is 41.4 Å². The molecule has 0 N–H and O–H groups in total. The molecule has 0 spiro atoms. The summed E-state index contributed by atoms with van der Waals surface area (Å²) in [4.78, 5) is 0.258. The van der Waals surface area contributed by atoms with Crippen LogP contribution in [0.5, 0.6) is 0 Å². The molecule has 1 aromatic carbocycles. The average molecular weight is 279 g/mol. The van der Waals surface area contributed by atoms with Gasteiger partial charge in [0, 0.05) is 20.3 Å². The van der Waals surface area contributed by atoms with Gasteiger partial charge in [0.1, 0.15) is 4.90 Å². The highest BCUT2D eigenvalue weighted by molar-refractivity contribution is 7.89. The summed E-state index contributed by atoms with van der Waals surface area (Å²) < 4.78 is 27.0. The second kappa shape index (κ2) is 5.14. The Kier molecular flexibility index (Phi) is 3.73. The van der Waals surface area contributed by atoms with Gasteiger partial charge in [-0.25, -0.2) is 12.7 Å². The zero-order valence-corrected chi connectivity index (χ0v) is 12.1. The van der Waals surface area contributed by atoms with E-state index in [0.29, 0.717) is 12.2 Å². The maximum Gasteiger partial charge on any atom is 0.245 e. The minimum atomic E-state index is -3.43. The van der Waals surface area contributed by atoms with E-state index in [1.807, 2.05) is 30.3 Å². The Hall–Kier alpha value is -1.66. The van der Waals surface area contributed by atoms with Gasteiger partial charge in [-0.05, 0) is 12.5 Å². The van der Waals surface area contributed by atoms with Crippen LogP contribution < -0.4 is 0 Å². The summed E-state index contributed by atoms with van der Waals surface area (Å²) >= 11 is 0. The summed E-state index contributed by atoms with van der Waals surface area (Å²) in [5.74, 6) is 0. The van der Waals surface area contributed by atoms with Gasteiger partial charge in [0.25, 0.3) is 0 Å². The van der Waals surface area contributed by atoms with E-state index in [9.17, 15) is 8.42 Å². The standard InChI is InChI=1S/C13H17N3O2S/c1-11-13(19(17,18)15(2)3)10-16(14-11)9-12-7-5-4-6-8-12/h4-8,10H,9H2,1-3H3. The van der Waals surface area contributed by atoms with Crippen LogP contribution in [0.25, 0.3) is 0 Å². The highest BCUT2D eigenvalue weighted by Crippen LogP contribution is 2.17. The van der Waals surface area contributed by atoms with Crippen LogP contribution in [0, 0.1) is 6.92 Å². The van der Waals surface area contributed by atoms with Crippen LogP contribution in [0.2, 0.25) is 0 Å². The zero-order valence-electron chi connectivity index (χ0n) is 11.2. The first-order chi connectivity index (χ1) is 8.91. The van der Waals surface area contributed by atoms with Crippen molar-refractivity contribution in [3.05, 3.63) is 47.8 Å². The predicted octanol–water partition coefficient (Wildman–Crippen LogP) is 1.49. The molecule has 0 bridgehead atoms. The Morgan fingerprint density at radius 3 is 2.42 bits per heavy atom. The van der Waals surface area contributed by atoms with Crippen LogP contribution in [0.1, 0.15) is 11.3 Å². The average Bonchev–Trinajstić information content (AvgIpc) is 2.72. The van der Waals surface area contributed by atoms with E-state index in [4.69, 9.17) is 0 Å². The number of hydrogen-bond acceptors (Lipinski definition) is 3. The second-order valence-electron chi connectivity index (χ2n) is 4.55. The van der Waals surface area contributed by atoms with Gasteiger partial charge in [-0.15, -0.1) is 0 Å². The minimum Gasteiger partial charge on any atom is -0.267 e. The zero-order chi connectivity index (χ0) is 14.0. The first-order valence-electron chi connectivity index (χ1n) is 5.92. The molecule has 0 unspecified atom stereocenters. The maximum atomic E-state index is 12.1. The summed E-state index contributed by atoms with van der Waals surface area (Å²) in [6.45, 7) is 2.27. The lowest BCUT2D eigenvalue weighted by Crippen LogP contribution is -2.22. The van der Waals surface area contributed by atoms with E-state index in [1.54, 1.807) is 17.8 Å². The predicted molar refractivity (Wildman–Crippen MR) is 73.4 cm³/mol. The van der Waals surface area contributed by atoms with E-state index >= 15 is 0 Å². The Morgan fingerprint density at radius 2 is 1.84 bits per heavy atom. The summed E-state index contributed by atoms with van der Waals surface area (Å²) in [5, 5.41) is 4.27. The molecular formula is C13H17N3O2S. The minimum absolute atomic E-state index is 0.258. The fraction of sp³-hybridized carbons (Fsp3) is 0.308. The van der Waals surface area contributed by atoms with Crippen molar-refractivity contribution in [1.29, 1.82) is 0 Å². The van der Waals surface area contributed by atoms with Gasteiger partial charge in [0.05, 0.1) is 12.2 Å². The fourth-order valence-electron chi connectivity index (χ4n) is 1.80. The Balaban J connectivity index is 2.32. The summed E-state index contributed by atoms with van der Waals surface area (Å²) in [7, 11) is -0.395. The third-order valence-corrected chi connectivity index (χ3v) is 4.77. The highest BCUT2D eigenvalue weighted by Gasteiger charge is 2.22. The molecule has 1 aromatic heterocycles. The van der Waals surface area contributed by atoms with Crippen molar-refractivity contribution in [3.8, 4) is 0 Å². The molecule has 0 aliphatic carbocycles. The van der Waals surface area contributed by atoms with Gasteiger partial charge in [-0.1, -0.05) is 30.3 Å². The van der Waals surface area contributed by atoms with E-state index in [0.717, 1.165) is 5.56 Å². The van der Waals surface area contributed by atoms with Crippen molar-refractivity contribution in [2.24, 2.45) is 0 Å². The first kappa shape index (κ1) is 13.8. The lowest BCUT2D eigenvalue weighted by atomic mass is 10.2. The van der Waals surface area contributed by atoms with Crippen LogP contribution in [0.3, 0.4) is 0 Å². The van der Waals surface area contributed by atoms with Crippen LogP contribution in [-0.2, 0) is 16.6 Å². The molecule has 2 rings (SSSR count). The van der Waals surface area contributed by atoms with E-state index in [1.165, 1.54) is 18.4 Å². The Morgan fingerprint density at radius 1 is 1.21 bits per heavy atom. The molecule has 0 radical (unpaired) electrons. The van der Waals surface area contributed by atoms with Gasteiger partial charge < -0.3 is 0 Å². The summed E-state index contributed by atoms with van der Waals surface area (Å²) in [6.07, 6.45) is 1.58. The normalized spacial score (nSPS) is 12.0. The molecule has 2 aromatic rings. The van der Waals surface area contributed by atoms with Crippen molar-refractivity contribution in [2.45, 2.75) is 18.4 Å². The van der Waals surface area contributed by atoms with Crippen LogP contribution in [0.4, 0.5) is 0 Å². The molecule has 0 aliphatic heterocycles. The topological polar surface area (TPSA) is 55.2 Å². The van der Waals surface area contributed by atoms with Gasteiger partial charge >= 0.3 is 0 Å². The SMILES string of the molecule is Cc1nn(Cc2ccccc2)cc1S(=O)(=O)N(C)C. The number of aryl methyl sites for hydroxylation is 1.